The molecule has 2 unspecified atom stereocenters. The second-order valence-corrected chi connectivity index (χ2v) is 10.1. The Morgan fingerprint density at radius 1 is 1.06 bits per heavy atom. The summed E-state index contributed by atoms with van der Waals surface area (Å²) in [6.07, 6.45) is 16.7. The molecule has 0 spiro atoms. The van der Waals surface area contributed by atoms with E-state index in [2.05, 4.69) is 94.1 Å². The van der Waals surface area contributed by atoms with Gasteiger partial charge in [-0.2, -0.15) is 0 Å². The molecule has 0 amide bonds. The van der Waals surface area contributed by atoms with E-state index in [-0.39, 0.29) is 5.92 Å². The van der Waals surface area contributed by atoms with Gasteiger partial charge in [0.1, 0.15) is 0 Å². The van der Waals surface area contributed by atoms with Crippen molar-refractivity contribution >= 4 is 10.8 Å². The molecule has 172 valence electrons. The molecule has 5 rings (SSSR count). The second kappa shape index (κ2) is 9.26. The van der Waals surface area contributed by atoms with Crippen molar-refractivity contribution in [3.63, 3.8) is 0 Å². The van der Waals surface area contributed by atoms with Crippen LogP contribution < -0.4 is 0 Å². The van der Waals surface area contributed by atoms with Gasteiger partial charge in [0.25, 0.3) is 0 Å². The van der Waals surface area contributed by atoms with Gasteiger partial charge in [0, 0.05) is 11.8 Å². The van der Waals surface area contributed by atoms with Crippen LogP contribution in [0.2, 0.25) is 0 Å². The molecule has 0 N–H and O–H groups in total. The highest BCUT2D eigenvalue weighted by Crippen LogP contribution is 2.56. The Kier molecular flexibility index (Phi) is 6.17. The Balaban J connectivity index is 1.69. The Hall–Kier alpha value is -3.12. The molecule has 0 aliphatic heterocycles. The Bertz CT molecular complexity index is 1330. The standard InChI is InChI=1S/C34H36/c1-6-12-22(3)32-23(4)19-28-21-27(20-25-13-8-9-14-25)24(5)33(28)34(32)31-18-17-26(7-2)29-15-10-11-16-30(29)31/h8-11,13,15-20,33-34H,3,5-7,12,14,21H2,1-2,4H3/b27-20-. The van der Waals surface area contributed by atoms with Gasteiger partial charge in [-0.25, -0.2) is 0 Å². The van der Waals surface area contributed by atoms with Crippen LogP contribution in [0.1, 0.15) is 63.5 Å². The summed E-state index contributed by atoms with van der Waals surface area (Å²) in [5.41, 5.74) is 12.6. The average molecular weight is 445 g/mol. The summed E-state index contributed by atoms with van der Waals surface area (Å²) in [5, 5.41) is 2.77. The summed E-state index contributed by atoms with van der Waals surface area (Å²) < 4.78 is 0. The number of benzene rings is 2. The first-order chi connectivity index (χ1) is 16.5. The van der Waals surface area contributed by atoms with Crippen molar-refractivity contribution in [3.05, 3.63) is 130 Å². The van der Waals surface area contributed by atoms with Gasteiger partial charge in [-0.3, -0.25) is 0 Å². The molecule has 2 aromatic rings. The molecule has 2 atom stereocenters. The molecule has 0 aromatic heterocycles. The van der Waals surface area contributed by atoms with Gasteiger partial charge in [-0.15, -0.1) is 0 Å². The number of fused-ring (bicyclic) bond motifs is 2. The van der Waals surface area contributed by atoms with Gasteiger partial charge in [0.2, 0.25) is 0 Å². The number of aryl methyl sites for hydroxylation is 1. The average Bonchev–Trinajstić information content (AvgIpc) is 3.45. The van der Waals surface area contributed by atoms with E-state index >= 15 is 0 Å². The zero-order valence-electron chi connectivity index (χ0n) is 21.0. The molecule has 1 saturated carbocycles. The summed E-state index contributed by atoms with van der Waals surface area (Å²) in [7, 11) is 0. The fourth-order valence-corrected chi connectivity index (χ4v) is 6.36. The molecule has 3 aliphatic carbocycles. The Morgan fingerprint density at radius 2 is 1.85 bits per heavy atom. The molecule has 2 aromatic carbocycles. The SMILES string of the molecule is C=C(CCC)C1=C(C)C=C2C/C(=C/C3=CC=CC3)C(=C)C2C1c1ccc(CC)c2ccccc12. The van der Waals surface area contributed by atoms with E-state index in [1.807, 2.05) is 0 Å². The third-order valence-electron chi connectivity index (χ3n) is 7.91. The zero-order valence-corrected chi connectivity index (χ0v) is 21.0. The summed E-state index contributed by atoms with van der Waals surface area (Å²) in [6.45, 7) is 16.1. The minimum Gasteiger partial charge on any atom is -0.0955 e. The van der Waals surface area contributed by atoms with Crippen molar-refractivity contribution in [1.29, 1.82) is 0 Å². The van der Waals surface area contributed by atoms with Crippen molar-refractivity contribution in [2.24, 2.45) is 5.92 Å². The fourth-order valence-electron chi connectivity index (χ4n) is 6.36. The summed E-state index contributed by atoms with van der Waals surface area (Å²) in [5.74, 6) is 0.577. The zero-order chi connectivity index (χ0) is 23.8. The molecule has 1 fully saturated rings. The van der Waals surface area contributed by atoms with Crippen LogP contribution in [0.5, 0.6) is 0 Å². The third kappa shape index (κ3) is 3.80. The largest absolute Gasteiger partial charge is 0.0955 e. The minimum absolute atomic E-state index is 0.268. The third-order valence-corrected chi connectivity index (χ3v) is 7.91. The first-order valence-electron chi connectivity index (χ1n) is 12.9. The highest BCUT2D eigenvalue weighted by atomic mass is 14.4. The second-order valence-electron chi connectivity index (χ2n) is 10.1. The van der Waals surface area contributed by atoms with Crippen molar-refractivity contribution in [2.45, 2.75) is 58.8 Å². The van der Waals surface area contributed by atoms with E-state index in [0.29, 0.717) is 5.92 Å². The van der Waals surface area contributed by atoms with Crippen LogP contribution in [0, 0.1) is 5.92 Å². The van der Waals surface area contributed by atoms with Gasteiger partial charge in [0.15, 0.2) is 0 Å². The van der Waals surface area contributed by atoms with E-state index in [4.69, 9.17) is 6.58 Å². The van der Waals surface area contributed by atoms with Gasteiger partial charge < -0.3 is 0 Å². The lowest BCUT2D eigenvalue weighted by Gasteiger charge is -2.35. The maximum Gasteiger partial charge on any atom is 0.0207 e. The maximum atomic E-state index is 4.71. The number of rotatable bonds is 6. The monoisotopic (exact) mass is 444 g/mol. The van der Waals surface area contributed by atoms with Crippen molar-refractivity contribution in [1.82, 2.24) is 0 Å². The van der Waals surface area contributed by atoms with Crippen molar-refractivity contribution < 1.29 is 0 Å². The lowest BCUT2D eigenvalue weighted by Crippen LogP contribution is -2.21. The van der Waals surface area contributed by atoms with Crippen molar-refractivity contribution in [3.8, 4) is 0 Å². The number of hydrogen-bond acceptors (Lipinski definition) is 0. The molecular formula is C34H36. The van der Waals surface area contributed by atoms with Crippen LogP contribution in [0.25, 0.3) is 10.8 Å². The van der Waals surface area contributed by atoms with Crippen molar-refractivity contribution in [2.75, 3.05) is 0 Å². The molecule has 0 heterocycles. The van der Waals surface area contributed by atoms with Crippen LogP contribution in [-0.2, 0) is 6.42 Å². The van der Waals surface area contributed by atoms with E-state index in [1.165, 1.54) is 60.9 Å². The van der Waals surface area contributed by atoms with E-state index < -0.39 is 0 Å². The van der Waals surface area contributed by atoms with E-state index in [1.54, 1.807) is 0 Å². The summed E-state index contributed by atoms with van der Waals surface area (Å²) in [6, 6.07) is 13.7. The molecule has 0 nitrogen and oxygen atoms in total. The molecule has 0 saturated heterocycles. The van der Waals surface area contributed by atoms with E-state index in [0.717, 1.165) is 32.1 Å². The molecule has 0 bridgehead atoms. The van der Waals surface area contributed by atoms with Crippen LogP contribution in [0.15, 0.2) is 119 Å². The Labute approximate surface area is 205 Å². The van der Waals surface area contributed by atoms with E-state index in [9.17, 15) is 0 Å². The summed E-state index contributed by atoms with van der Waals surface area (Å²) >= 11 is 0. The number of hydrogen-bond donors (Lipinski definition) is 0. The van der Waals surface area contributed by atoms with Gasteiger partial charge in [-0.05, 0) is 82.4 Å². The summed E-state index contributed by atoms with van der Waals surface area (Å²) in [4.78, 5) is 0. The first kappa shape index (κ1) is 22.7. The molecule has 3 aliphatic rings. The maximum absolute atomic E-state index is 4.71. The quantitative estimate of drug-likeness (QED) is 0.416. The molecule has 34 heavy (non-hydrogen) atoms. The normalized spacial score (nSPS) is 23.0. The molecule has 0 radical (unpaired) electrons. The topological polar surface area (TPSA) is 0 Å². The highest BCUT2D eigenvalue weighted by Gasteiger charge is 2.41. The molecular weight excluding hydrogens is 408 g/mol. The lowest BCUT2D eigenvalue weighted by atomic mass is 9.68. The van der Waals surface area contributed by atoms with Gasteiger partial charge >= 0.3 is 0 Å². The predicted molar refractivity (Wildman–Crippen MR) is 148 cm³/mol. The van der Waals surface area contributed by atoms with Gasteiger partial charge in [0.05, 0.1) is 0 Å². The highest BCUT2D eigenvalue weighted by molar-refractivity contribution is 5.90. The van der Waals surface area contributed by atoms with Crippen LogP contribution in [-0.4, -0.2) is 0 Å². The van der Waals surface area contributed by atoms with Gasteiger partial charge in [-0.1, -0.05) is 111 Å². The first-order valence-corrected chi connectivity index (χ1v) is 12.9. The van der Waals surface area contributed by atoms with Crippen LogP contribution >= 0.6 is 0 Å². The Morgan fingerprint density at radius 3 is 2.56 bits per heavy atom. The minimum atomic E-state index is 0.268. The van der Waals surface area contributed by atoms with Crippen LogP contribution in [0.3, 0.4) is 0 Å². The fraction of sp³-hybridized carbons (Fsp3) is 0.294. The van der Waals surface area contributed by atoms with Crippen LogP contribution in [0.4, 0.5) is 0 Å². The smallest absolute Gasteiger partial charge is 0.0207 e. The lowest BCUT2D eigenvalue weighted by molar-refractivity contribution is 0.623. The predicted octanol–water partition coefficient (Wildman–Crippen LogP) is 9.49. The molecule has 0 heteroatoms. The number of allylic oxidation sites excluding steroid dienone is 12.